The van der Waals surface area contributed by atoms with Crippen LogP contribution in [-0.2, 0) is 25.5 Å². The normalized spacial score (nSPS) is 9.76. The minimum Gasteiger partial charge on any atom is -0.466 e. The first-order chi connectivity index (χ1) is 10.1. The second kappa shape index (κ2) is 9.52. The SMILES string of the molecule is CCOC(=O)CCC(=O)NNC(=O)CCc1ccccc1. The quantitative estimate of drug-likeness (QED) is 0.582. The van der Waals surface area contributed by atoms with E-state index in [0.717, 1.165) is 5.56 Å². The Kier molecular flexibility index (Phi) is 7.56. The third kappa shape index (κ3) is 7.71. The molecule has 0 heterocycles. The van der Waals surface area contributed by atoms with Crippen LogP contribution in [0.4, 0.5) is 0 Å². The van der Waals surface area contributed by atoms with Crippen molar-refractivity contribution in [2.75, 3.05) is 6.61 Å². The first-order valence-corrected chi connectivity index (χ1v) is 6.89. The molecule has 0 aliphatic heterocycles. The summed E-state index contributed by atoms with van der Waals surface area (Å²) < 4.78 is 4.70. The van der Waals surface area contributed by atoms with E-state index in [1.807, 2.05) is 30.3 Å². The Morgan fingerprint density at radius 3 is 2.19 bits per heavy atom. The molecule has 6 nitrogen and oxygen atoms in total. The largest absolute Gasteiger partial charge is 0.466 e. The van der Waals surface area contributed by atoms with Gasteiger partial charge in [-0.15, -0.1) is 0 Å². The Hall–Kier alpha value is -2.37. The highest BCUT2D eigenvalue weighted by Crippen LogP contribution is 2.01. The number of carbonyl (C=O) groups excluding carboxylic acids is 3. The molecule has 1 rings (SSSR count). The Bertz CT molecular complexity index is 474. The summed E-state index contributed by atoms with van der Waals surface area (Å²) >= 11 is 0. The lowest BCUT2D eigenvalue weighted by Gasteiger charge is -2.07. The summed E-state index contributed by atoms with van der Waals surface area (Å²) in [5, 5.41) is 0. The van der Waals surface area contributed by atoms with E-state index in [1.165, 1.54) is 0 Å². The Morgan fingerprint density at radius 2 is 1.57 bits per heavy atom. The van der Waals surface area contributed by atoms with Crippen LogP contribution < -0.4 is 10.9 Å². The summed E-state index contributed by atoms with van der Waals surface area (Å²) in [7, 11) is 0. The average molecular weight is 292 g/mol. The molecule has 0 aliphatic rings. The first kappa shape index (κ1) is 16.7. The highest BCUT2D eigenvalue weighted by Gasteiger charge is 2.08. The Balaban J connectivity index is 2.15. The molecule has 0 fully saturated rings. The lowest BCUT2D eigenvalue weighted by molar-refractivity contribution is -0.144. The van der Waals surface area contributed by atoms with Gasteiger partial charge in [0.15, 0.2) is 0 Å². The second-order valence-corrected chi connectivity index (χ2v) is 4.39. The van der Waals surface area contributed by atoms with Crippen molar-refractivity contribution < 1.29 is 19.1 Å². The van der Waals surface area contributed by atoms with Crippen molar-refractivity contribution in [3.8, 4) is 0 Å². The van der Waals surface area contributed by atoms with Gasteiger partial charge in [-0.3, -0.25) is 25.2 Å². The van der Waals surface area contributed by atoms with Crippen molar-refractivity contribution in [3.05, 3.63) is 35.9 Å². The summed E-state index contributed by atoms with van der Waals surface area (Å²) in [5.74, 6) is -1.12. The minimum absolute atomic E-state index is 0.000437. The molecule has 2 amide bonds. The number of nitrogens with one attached hydrogen (secondary N) is 2. The molecule has 0 saturated carbocycles. The van der Waals surface area contributed by atoms with E-state index < -0.39 is 11.9 Å². The van der Waals surface area contributed by atoms with Crippen LogP contribution in [0.2, 0.25) is 0 Å². The lowest BCUT2D eigenvalue weighted by Crippen LogP contribution is -2.41. The number of rotatable bonds is 7. The van der Waals surface area contributed by atoms with Crippen molar-refractivity contribution >= 4 is 17.8 Å². The lowest BCUT2D eigenvalue weighted by atomic mass is 10.1. The van der Waals surface area contributed by atoms with Crippen LogP contribution in [0.1, 0.15) is 31.7 Å². The predicted octanol–water partition coefficient (Wildman–Crippen LogP) is 1.11. The molecule has 0 aromatic heterocycles. The van der Waals surface area contributed by atoms with E-state index in [0.29, 0.717) is 6.42 Å². The smallest absolute Gasteiger partial charge is 0.306 e. The zero-order valence-corrected chi connectivity index (χ0v) is 12.1. The first-order valence-electron chi connectivity index (χ1n) is 6.89. The second-order valence-electron chi connectivity index (χ2n) is 4.39. The summed E-state index contributed by atoms with van der Waals surface area (Å²) in [6, 6.07) is 9.60. The molecule has 0 radical (unpaired) electrons. The van der Waals surface area contributed by atoms with E-state index in [4.69, 9.17) is 4.74 Å². The molecule has 0 bridgehead atoms. The number of hydrogen-bond acceptors (Lipinski definition) is 4. The number of hydrazine groups is 1. The van der Waals surface area contributed by atoms with E-state index in [2.05, 4.69) is 10.9 Å². The van der Waals surface area contributed by atoms with E-state index in [1.54, 1.807) is 6.92 Å². The van der Waals surface area contributed by atoms with E-state index >= 15 is 0 Å². The van der Waals surface area contributed by atoms with E-state index in [9.17, 15) is 14.4 Å². The monoisotopic (exact) mass is 292 g/mol. The van der Waals surface area contributed by atoms with Gasteiger partial charge in [0.1, 0.15) is 0 Å². The number of esters is 1. The van der Waals surface area contributed by atoms with Gasteiger partial charge in [0.25, 0.3) is 0 Å². The summed E-state index contributed by atoms with van der Waals surface area (Å²) in [4.78, 5) is 34.0. The standard InChI is InChI=1S/C15H20N2O4/c1-2-21-15(20)11-10-14(19)17-16-13(18)9-8-12-6-4-3-5-7-12/h3-7H,2,8-11H2,1H3,(H,16,18)(H,17,19). The summed E-state index contributed by atoms with van der Waals surface area (Å²) in [6.07, 6.45) is 0.866. The van der Waals surface area contributed by atoms with Crippen LogP contribution >= 0.6 is 0 Å². The van der Waals surface area contributed by atoms with Crippen molar-refractivity contribution in [3.63, 3.8) is 0 Å². The zero-order chi connectivity index (χ0) is 15.5. The van der Waals surface area contributed by atoms with Gasteiger partial charge < -0.3 is 4.74 Å². The van der Waals surface area contributed by atoms with Gasteiger partial charge in [-0.2, -0.15) is 0 Å². The highest BCUT2D eigenvalue weighted by atomic mass is 16.5. The predicted molar refractivity (Wildman–Crippen MR) is 76.9 cm³/mol. The molecule has 0 spiro atoms. The number of amides is 2. The van der Waals surface area contributed by atoms with Gasteiger partial charge in [-0.05, 0) is 18.9 Å². The van der Waals surface area contributed by atoms with Gasteiger partial charge in [-0.1, -0.05) is 30.3 Å². The number of aryl methyl sites for hydroxylation is 1. The Labute approximate surface area is 123 Å². The van der Waals surface area contributed by atoms with Gasteiger partial charge in [-0.25, -0.2) is 0 Å². The molecular formula is C15H20N2O4. The van der Waals surface area contributed by atoms with Gasteiger partial charge in [0.2, 0.25) is 11.8 Å². The number of carbonyl (C=O) groups is 3. The molecule has 114 valence electrons. The van der Waals surface area contributed by atoms with Gasteiger partial charge >= 0.3 is 5.97 Å². The van der Waals surface area contributed by atoms with Crippen LogP contribution in [0.3, 0.4) is 0 Å². The molecule has 2 N–H and O–H groups in total. The van der Waals surface area contributed by atoms with Crippen molar-refractivity contribution in [1.82, 2.24) is 10.9 Å². The molecule has 1 aromatic carbocycles. The maximum Gasteiger partial charge on any atom is 0.306 e. The molecule has 21 heavy (non-hydrogen) atoms. The van der Waals surface area contributed by atoms with Crippen LogP contribution in [-0.4, -0.2) is 24.4 Å². The van der Waals surface area contributed by atoms with Crippen LogP contribution in [0.5, 0.6) is 0 Å². The number of ether oxygens (including phenoxy) is 1. The maximum absolute atomic E-state index is 11.5. The maximum atomic E-state index is 11.5. The fourth-order valence-corrected chi connectivity index (χ4v) is 1.62. The summed E-state index contributed by atoms with van der Waals surface area (Å²) in [6.45, 7) is 1.99. The molecule has 1 aromatic rings. The third-order valence-electron chi connectivity index (χ3n) is 2.69. The van der Waals surface area contributed by atoms with Crippen LogP contribution in [0, 0.1) is 0 Å². The fourth-order valence-electron chi connectivity index (χ4n) is 1.62. The van der Waals surface area contributed by atoms with E-state index in [-0.39, 0.29) is 31.8 Å². The molecule has 0 atom stereocenters. The number of benzene rings is 1. The summed E-state index contributed by atoms with van der Waals surface area (Å²) in [5.41, 5.74) is 5.64. The van der Waals surface area contributed by atoms with Gasteiger partial charge in [0, 0.05) is 12.8 Å². The molecule has 6 heteroatoms. The zero-order valence-electron chi connectivity index (χ0n) is 12.1. The molecule has 0 aliphatic carbocycles. The Morgan fingerprint density at radius 1 is 0.952 bits per heavy atom. The minimum atomic E-state index is -0.428. The molecule has 0 unspecified atom stereocenters. The van der Waals surface area contributed by atoms with Crippen LogP contribution in [0.25, 0.3) is 0 Å². The van der Waals surface area contributed by atoms with Crippen molar-refractivity contribution in [1.29, 1.82) is 0 Å². The highest BCUT2D eigenvalue weighted by molar-refractivity contribution is 5.84. The molecule has 0 saturated heterocycles. The topological polar surface area (TPSA) is 84.5 Å². The van der Waals surface area contributed by atoms with Gasteiger partial charge in [0.05, 0.1) is 13.0 Å². The van der Waals surface area contributed by atoms with Crippen LogP contribution in [0.15, 0.2) is 30.3 Å². The average Bonchev–Trinajstić information content (AvgIpc) is 2.50. The molecular weight excluding hydrogens is 272 g/mol. The van der Waals surface area contributed by atoms with Crippen molar-refractivity contribution in [2.24, 2.45) is 0 Å². The number of hydrogen-bond donors (Lipinski definition) is 2. The third-order valence-corrected chi connectivity index (χ3v) is 2.69. The van der Waals surface area contributed by atoms with Crippen molar-refractivity contribution in [2.45, 2.75) is 32.6 Å². The fraction of sp³-hybridized carbons (Fsp3) is 0.400.